The van der Waals surface area contributed by atoms with Crippen LogP contribution in [0.5, 0.6) is 5.75 Å². The van der Waals surface area contributed by atoms with Crippen LogP contribution >= 0.6 is 0 Å². The summed E-state index contributed by atoms with van der Waals surface area (Å²) in [6.45, 7) is 3.85. The van der Waals surface area contributed by atoms with Gasteiger partial charge in [-0.05, 0) is 48.7 Å². The summed E-state index contributed by atoms with van der Waals surface area (Å²) in [5, 5.41) is 12.4. The van der Waals surface area contributed by atoms with Gasteiger partial charge in [0.1, 0.15) is 5.75 Å². The van der Waals surface area contributed by atoms with Gasteiger partial charge in [0.25, 0.3) is 5.91 Å². The molecule has 0 saturated heterocycles. The predicted molar refractivity (Wildman–Crippen MR) is 127 cm³/mol. The Morgan fingerprint density at radius 2 is 1.61 bits per heavy atom. The van der Waals surface area contributed by atoms with Crippen LogP contribution in [0.4, 0.5) is 0 Å². The lowest BCUT2D eigenvalue weighted by molar-refractivity contribution is -0.153. The second-order valence-corrected chi connectivity index (χ2v) is 7.99. The zero-order chi connectivity index (χ0) is 23.8. The van der Waals surface area contributed by atoms with Crippen LogP contribution in [-0.4, -0.2) is 36.3 Å². The molecule has 0 aliphatic rings. The Morgan fingerprint density at radius 1 is 0.939 bits per heavy atom. The number of hydrogen-bond donors (Lipinski definition) is 2. The molecule has 0 heterocycles. The van der Waals surface area contributed by atoms with E-state index in [0.717, 1.165) is 22.3 Å². The van der Waals surface area contributed by atoms with Crippen molar-refractivity contribution in [2.45, 2.75) is 39.0 Å². The van der Waals surface area contributed by atoms with E-state index in [9.17, 15) is 14.7 Å². The molecule has 1 atom stereocenters. The Hall–Kier alpha value is -3.64. The van der Waals surface area contributed by atoms with E-state index in [2.05, 4.69) is 5.32 Å². The molecular weight excluding hydrogens is 418 g/mol. The fourth-order valence-electron chi connectivity index (χ4n) is 3.56. The Bertz CT molecular complexity index is 1080. The normalized spacial score (nSPS) is 11.8. The van der Waals surface area contributed by atoms with Gasteiger partial charge >= 0.3 is 5.97 Å². The van der Waals surface area contributed by atoms with Gasteiger partial charge in [0.05, 0.1) is 13.2 Å². The number of carboxylic acid groups (broad SMARTS) is 1. The first-order valence-electron chi connectivity index (χ1n) is 10.8. The molecule has 172 valence electrons. The zero-order valence-corrected chi connectivity index (χ0v) is 19.1. The van der Waals surface area contributed by atoms with Gasteiger partial charge in [-0.15, -0.1) is 0 Å². The van der Waals surface area contributed by atoms with Crippen LogP contribution in [0.3, 0.4) is 0 Å². The summed E-state index contributed by atoms with van der Waals surface area (Å²) in [6.07, 6.45) is -0.917. The van der Waals surface area contributed by atoms with E-state index in [1.165, 1.54) is 0 Å². The third kappa shape index (κ3) is 6.67. The topological polar surface area (TPSA) is 84.9 Å². The average molecular weight is 448 g/mol. The number of benzene rings is 3. The molecule has 3 rings (SSSR count). The molecule has 1 unspecified atom stereocenters. The number of aliphatic carboxylic acids is 1. The van der Waals surface area contributed by atoms with E-state index < -0.39 is 12.1 Å². The lowest BCUT2D eigenvalue weighted by atomic mass is 10.0. The molecule has 0 aromatic heterocycles. The summed E-state index contributed by atoms with van der Waals surface area (Å²) in [5.41, 5.74) is 4.24. The molecule has 6 nitrogen and oxygen atoms in total. The third-order valence-electron chi connectivity index (χ3n) is 5.17. The lowest BCUT2D eigenvalue weighted by Gasteiger charge is -2.18. The molecule has 33 heavy (non-hydrogen) atoms. The quantitative estimate of drug-likeness (QED) is 0.470. The van der Waals surface area contributed by atoms with E-state index in [1.54, 1.807) is 39.2 Å². The van der Waals surface area contributed by atoms with Gasteiger partial charge in [-0.3, -0.25) is 4.79 Å². The van der Waals surface area contributed by atoms with Crippen LogP contribution < -0.4 is 10.1 Å². The van der Waals surface area contributed by atoms with Crippen molar-refractivity contribution in [1.29, 1.82) is 0 Å². The summed E-state index contributed by atoms with van der Waals surface area (Å²) in [7, 11) is 1.56. The molecule has 0 saturated carbocycles. The van der Waals surface area contributed by atoms with Crippen LogP contribution in [0.15, 0.2) is 72.8 Å². The summed E-state index contributed by atoms with van der Waals surface area (Å²) in [5.74, 6) is -0.586. The maximum Gasteiger partial charge on any atom is 0.333 e. The second-order valence-electron chi connectivity index (χ2n) is 7.99. The maximum absolute atomic E-state index is 12.7. The van der Waals surface area contributed by atoms with E-state index in [-0.39, 0.29) is 25.0 Å². The van der Waals surface area contributed by atoms with E-state index in [4.69, 9.17) is 9.47 Å². The van der Waals surface area contributed by atoms with Crippen LogP contribution in [0, 0.1) is 0 Å². The van der Waals surface area contributed by atoms with Crippen molar-refractivity contribution in [2.24, 2.45) is 0 Å². The molecular formula is C27H29NO5. The number of carbonyl (C=O) groups excluding carboxylic acids is 1. The first kappa shape index (κ1) is 24.0. The number of carboxylic acids is 1. The minimum atomic E-state index is -1.01. The van der Waals surface area contributed by atoms with Crippen molar-refractivity contribution in [3.63, 3.8) is 0 Å². The van der Waals surface area contributed by atoms with E-state index in [0.29, 0.717) is 11.3 Å². The highest BCUT2D eigenvalue weighted by Crippen LogP contribution is 2.22. The van der Waals surface area contributed by atoms with E-state index in [1.807, 2.05) is 54.6 Å². The summed E-state index contributed by atoms with van der Waals surface area (Å²) < 4.78 is 10.9. The first-order chi connectivity index (χ1) is 15.9. The SMILES string of the molecule is COc1ccc(CC(OC(C)C)C(=O)O)cc1CNC(=O)c1ccc(-c2ccccc2)cc1. The smallest absolute Gasteiger partial charge is 0.333 e. The monoisotopic (exact) mass is 447 g/mol. The van der Waals surface area contributed by atoms with Gasteiger partial charge in [-0.2, -0.15) is 0 Å². The lowest BCUT2D eigenvalue weighted by Crippen LogP contribution is -2.29. The third-order valence-corrected chi connectivity index (χ3v) is 5.17. The second kappa shape index (κ2) is 11.3. The van der Waals surface area contributed by atoms with Crippen molar-refractivity contribution in [3.05, 3.63) is 89.5 Å². The fraction of sp³-hybridized carbons (Fsp3) is 0.259. The molecule has 3 aromatic rings. The van der Waals surface area contributed by atoms with Gasteiger partial charge < -0.3 is 19.9 Å². The predicted octanol–water partition coefficient (Wildman–Crippen LogP) is 4.71. The molecule has 0 aliphatic heterocycles. The minimum absolute atomic E-state index is 0.198. The molecule has 0 bridgehead atoms. The Kier molecular flexibility index (Phi) is 8.22. The highest BCUT2D eigenvalue weighted by atomic mass is 16.5. The van der Waals surface area contributed by atoms with Crippen LogP contribution in [0.25, 0.3) is 11.1 Å². The van der Waals surface area contributed by atoms with Gasteiger partial charge in [-0.25, -0.2) is 4.79 Å². The number of nitrogens with one attached hydrogen (secondary N) is 1. The van der Waals surface area contributed by atoms with Crippen LogP contribution in [0.2, 0.25) is 0 Å². The Morgan fingerprint density at radius 3 is 2.21 bits per heavy atom. The Balaban J connectivity index is 1.69. The number of amides is 1. The average Bonchev–Trinajstić information content (AvgIpc) is 2.82. The van der Waals surface area contributed by atoms with Gasteiger partial charge in [-0.1, -0.05) is 54.6 Å². The van der Waals surface area contributed by atoms with Crippen molar-refractivity contribution in [1.82, 2.24) is 5.32 Å². The molecule has 3 aromatic carbocycles. The summed E-state index contributed by atoms with van der Waals surface area (Å²) >= 11 is 0. The number of carbonyl (C=O) groups is 2. The van der Waals surface area contributed by atoms with Crippen LogP contribution in [-0.2, 0) is 22.5 Å². The highest BCUT2D eigenvalue weighted by molar-refractivity contribution is 5.94. The summed E-state index contributed by atoms with van der Waals surface area (Å²) in [6, 6.07) is 22.8. The van der Waals surface area contributed by atoms with Gasteiger partial charge in [0, 0.05) is 24.1 Å². The number of rotatable bonds is 10. The molecule has 0 aliphatic carbocycles. The Labute approximate surface area is 194 Å². The van der Waals surface area contributed by atoms with Crippen molar-refractivity contribution in [2.75, 3.05) is 7.11 Å². The van der Waals surface area contributed by atoms with E-state index >= 15 is 0 Å². The molecule has 0 radical (unpaired) electrons. The highest BCUT2D eigenvalue weighted by Gasteiger charge is 2.21. The van der Waals surface area contributed by atoms with Crippen molar-refractivity contribution >= 4 is 11.9 Å². The standard InChI is InChI=1S/C27H29NO5/c1-18(2)33-25(27(30)31)16-19-9-14-24(32-3)23(15-19)17-28-26(29)22-12-10-21(11-13-22)20-7-5-4-6-8-20/h4-15,18,25H,16-17H2,1-3H3,(H,28,29)(H,30,31). The number of hydrogen-bond acceptors (Lipinski definition) is 4. The van der Waals surface area contributed by atoms with Gasteiger partial charge in [0.2, 0.25) is 0 Å². The van der Waals surface area contributed by atoms with Crippen molar-refractivity contribution < 1.29 is 24.2 Å². The molecule has 6 heteroatoms. The largest absolute Gasteiger partial charge is 0.496 e. The van der Waals surface area contributed by atoms with Gasteiger partial charge in [0.15, 0.2) is 6.10 Å². The number of ether oxygens (including phenoxy) is 2. The molecule has 2 N–H and O–H groups in total. The zero-order valence-electron chi connectivity index (χ0n) is 19.1. The van der Waals surface area contributed by atoms with Crippen LogP contribution in [0.1, 0.15) is 35.3 Å². The van der Waals surface area contributed by atoms with Crippen molar-refractivity contribution in [3.8, 4) is 16.9 Å². The maximum atomic E-state index is 12.7. The molecule has 0 spiro atoms. The number of methoxy groups -OCH3 is 1. The minimum Gasteiger partial charge on any atom is -0.496 e. The first-order valence-corrected chi connectivity index (χ1v) is 10.8. The molecule has 0 fully saturated rings. The summed E-state index contributed by atoms with van der Waals surface area (Å²) in [4.78, 5) is 24.2. The molecule has 1 amide bonds. The fourth-order valence-corrected chi connectivity index (χ4v) is 3.56.